The maximum Gasteiger partial charge on any atom is 0.132 e. The van der Waals surface area contributed by atoms with Crippen molar-refractivity contribution < 1.29 is 19.7 Å². The van der Waals surface area contributed by atoms with Crippen LogP contribution in [0.15, 0.2) is 66.7 Å². The molecule has 0 spiro atoms. The fourth-order valence-electron chi connectivity index (χ4n) is 3.49. The monoisotopic (exact) mass is 414 g/mol. The number of hydrogen-bond donors (Lipinski definition) is 2. The van der Waals surface area contributed by atoms with Crippen LogP contribution >= 0.6 is 0 Å². The van der Waals surface area contributed by atoms with Crippen LogP contribution in [0.4, 0.5) is 0 Å². The highest BCUT2D eigenvalue weighted by Gasteiger charge is 2.15. The zero-order chi connectivity index (χ0) is 22.0. The first-order valence-electron chi connectivity index (χ1n) is 9.70. The minimum absolute atomic E-state index is 0.0855. The van der Waals surface area contributed by atoms with Crippen LogP contribution in [0.3, 0.4) is 0 Å². The molecular formula is C25H22N2O4. The van der Waals surface area contributed by atoms with Crippen LogP contribution in [0.5, 0.6) is 23.0 Å². The normalized spacial score (nSPS) is 10.7. The third-order valence-electron chi connectivity index (χ3n) is 5.03. The second kappa shape index (κ2) is 8.36. The van der Waals surface area contributed by atoms with Gasteiger partial charge in [-0.2, -0.15) is 0 Å². The average Bonchev–Trinajstić information content (AvgIpc) is 2.79. The lowest BCUT2D eigenvalue weighted by Crippen LogP contribution is -1.95. The van der Waals surface area contributed by atoms with Crippen LogP contribution in [0.2, 0.25) is 0 Å². The molecular weight excluding hydrogens is 392 g/mol. The van der Waals surface area contributed by atoms with Crippen molar-refractivity contribution in [1.82, 2.24) is 9.97 Å². The summed E-state index contributed by atoms with van der Waals surface area (Å²) in [6.45, 7) is 1.87. The van der Waals surface area contributed by atoms with Crippen LogP contribution in [-0.4, -0.2) is 34.4 Å². The van der Waals surface area contributed by atoms with Gasteiger partial charge in [-0.1, -0.05) is 18.2 Å². The van der Waals surface area contributed by atoms with E-state index in [4.69, 9.17) is 19.4 Å². The maximum atomic E-state index is 10.5. The highest BCUT2D eigenvalue weighted by molar-refractivity contribution is 5.76. The lowest BCUT2D eigenvalue weighted by molar-refractivity contribution is 0.409. The Bertz CT molecular complexity index is 1250. The molecule has 0 bridgehead atoms. The summed E-state index contributed by atoms with van der Waals surface area (Å²) < 4.78 is 10.8. The van der Waals surface area contributed by atoms with E-state index in [1.54, 1.807) is 44.6 Å². The van der Waals surface area contributed by atoms with Crippen LogP contribution in [0, 0.1) is 6.92 Å². The van der Waals surface area contributed by atoms with Crippen molar-refractivity contribution in [3.63, 3.8) is 0 Å². The number of aromatic nitrogens is 2. The zero-order valence-corrected chi connectivity index (χ0v) is 17.5. The van der Waals surface area contributed by atoms with E-state index >= 15 is 0 Å². The number of phenolic OH excluding ortho intramolecular Hbond substituents is 2. The molecule has 2 N–H and O–H groups in total. The summed E-state index contributed by atoms with van der Waals surface area (Å²) in [5.74, 6) is 1.42. The number of benzene rings is 2. The van der Waals surface area contributed by atoms with Crippen LogP contribution in [0.25, 0.3) is 33.9 Å². The quantitative estimate of drug-likeness (QED) is 0.466. The topological polar surface area (TPSA) is 84.7 Å². The van der Waals surface area contributed by atoms with Gasteiger partial charge in [-0.05, 0) is 61.0 Å². The Morgan fingerprint density at radius 1 is 0.645 bits per heavy atom. The molecule has 0 aliphatic heterocycles. The fraction of sp³-hybridized carbons (Fsp3) is 0.120. The molecule has 0 aliphatic rings. The smallest absolute Gasteiger partial charge is 0.132 e. The Morgan fingerprint density at radius 3 is 1.90 bits per heavy atom. The molecule has 0 fully saturated rings. The van der Waals surface area contributed by atoms with Gasteiger partial charge in [-0.25, -0.2) is 9.97 Å². The highest BCUT2D eigenvalue weighted by Crippen LogP contribution is 2.38. The third kappa shape index (κ3) is 3.88. The Balaban J connectivity index is 1.79. The third-order valence-corrected chi connectivity index (χ3v) is 5.03. The molecule has 0 atom stereocenters. The number of methoxy groups -OCH3 is 2. The highest BCUT2D eigenvalue weighted by atomic mass is 16.5. The molecule has 6 heteroatoms. The summed E-state index contributed by atoms with van der Waals surface area (Å²) in [7, 11) is 3.14. The van der Waals surface area contributed by atoms with E-state index in [0.29, 0.717) is 45.4 Å². The molecule has 0 aliphatic carbocycles. The molecule has 2 aromatic carbocycles. The zero-order valence-electron chi connectivity index (χ0n) is 17.5. The van der Waals surface area contributed by atoms with E-state index in [0.717, 1.165) is 5.56 Å². The molecule has 6 nitrogen and oxygen atoms in total. The van der Waals surface area contributed by atoms with Gasteiger partial charge in [0.2, 0.25) is 0 Å². The lowest BCUT2D eigenvalue weighted by Gasteiger charge is -2.12. The summed E-state index contributed by atoms with van der Waals surface area (Å²) in [6, 6.07) is 19.5. The molecule has 0 saturated carbocycles. The summed E-state index contributed by atoms with van der Waals surface area (Å²) in [5.41, 5.74) is 4.36. The van der Waals surface area contributed by atoms with Gasteiger partial charge in [-0.15, -0.1) is 0 Å². The molecule has 0 saturated heterocycles. The number of ether oxygens (including phenoxy) is 2. The van der Waals surface area contributed by atoms with Crippen molar-refractivity contribution in [2.75, 3.05) is 14.2 Å². The van der Waals surface area contributed by atoms with Crippen molar-refractivity contribution in [2.24, 2.45) is 0 Å². The maximum absolute atomic E-state index is 10.5. The molecule has 0 unspecified atom stereocenters. The lowest BCUT2D eigenvalue weighted by atomic mass is 10.1. The van der Waals surface area contributed by atoms with E-state index in [1.807, 2.05) is 43.3 Å². The summed E-state index contributed by atoms with van der Waals surface area (Å²) in [4.78, 5) is 9.41. The minimum atomic E-state index is 0.0855. The Hall–Kier alpha value is -4.06. The molecule has 4 aromatic rings. The minimum Gasteiger partial charge on any atom is -0.507 e. The van der Waals surface area contributed by atoms with Gasteiger partial charge in [0.15, 0.2) is 0 Å². The van der Waals surface area contributed by atoms with Gasteiger partial charge in [0.1, 0.15) is 23.0 Å². The summed E-state index contributed by atoms with van der Waals surface area (Å²) >= 11 is 0. The van der Waals surface area contributed by atoms with Gasteiger partial charge in [0.05, 0.1) is 42.6 Å². The van der Waals surface area contributed by atoms with Crippen molar-refractivity contribution in [3.05, 3.63) is 72.3 Å². The van der Waals surface area contributed by atoms with Crippen LogP contribution in [-0.2, 0) is 0 Å². The number of pyridine rings is 2. The number of rotatable bonds is 5. The van der Waals surface area contributed by atoms with Gasteiger partial charge in [0, 0.05) is 5.56 Å². The van der Waals surface area contributed by atoms with E-state index < -0.39 is 0 Å². The number of nitrogens with zero attached hydrogens (tertiary/aromatic N) is 2. The molecule has 0 radical (unpaired) electrons. The molecule has 0 amide bonds. The first-order chi connectivity index (χ1) is 15.0. The van der Waals surface area contributed by atoms with E-state index in [2.05, 4.69) is 0 Å². The number of aromatic hydroxyl groups is 2. The molecule has 2 heterocycles. The predicted molar refractivity (Wildman–Crippen MR) is 120 cm³/mol. The van der Waals surface area contributed by atoms with Crippen LogP contribution in [0.1, 0.15) is 5.56 Å². The van der Waals surface area contributed by atoms with Gasteiger partial charge in [-0.3, -0.25) is 0 Å². The number of aryl methyl sites for hydroxylation is 1. The predicted octanol–water partition coefficient (Wildman–Crippen LogP) is 5.21. The standard InChI is InChI=1S/C25H22N2O4/c1-15-13-22(29)16(14-24(15)31-3)17-7-4-8-18(26-17)19-9-5-10-20(27-19)25-21(28)11-6-12-23(25)30-2/h4-14,28-29H,1-3H3. The Kier molecular flexibility index (Phi) is 5.45. The Morgan fingerprint density at radius 2 is 1.23 bits per heavy atom. The van der Waals surface area contributed by atoms with Crippen molar-refractivity contribution in [1.29, 1.82) is 0 Å². The van der Waals surface area contributed by atoms with E-state index in [1.165, 1.54) is 0 Å². The molecule has 156 valence electrons. The average molecular weight is 414 g/mol. The summed E-state index contributed by atoms with van der Waals surface area (Å²) in [5, 5.41) is 20.8. The van der Waals surface area contributed by atoms with Crippen LogP contribution < -0.4 is 9.47 Å². The second-order valence-electron chi connectivity index (χ2n) is 7.01. The van der Waals surface area contributed by atoms with Gasteiger partial charge >= 0.3 is 0 Å². The fourth-order valence-corrected chi connectivity index (χ4v) is 3.49. The van der Waals surface area contributed by atoms with Gasteiger partial charge < -0.3 is 19.7 Å². The largest absolute Gasteiger partial charge is 0.507 e. The SMILES string of the molecule is COc1cc(-c2cccc(-c3cccc(-c4c(O)cccc4OC)n3)n2)c(O)cc1C. The van der Waals surface area contributed by atoms with Gasteiger partial charge in [0.25, 0.3) is 0 Å². The van der Waals surface area contributed by atoms with E-state index in [-0.39, 0.29) is 11.5 Å². The first kappa shape index (κ1) is 20.2. The van der Waals surface area contributed by atoms with Crippen molar-refractivity contribution in [2.45, 2.75) is 6.92 Å². The van der Waals surface area contributed by atoms with E-state index in [9.17, 15) is 10.2 Å². The first-order valence-corrected chi connectivity index (χ1v) is 9.70. The molecule has 31 heavy (non-hydrogen) atoms. The molecule has 4 rings (SSSR count). The number of hydrogen-bond acceptors (Lipinski definition) is 6. The second-order valence-corrected chi connectivity index (χ2v) is 7.01. The van der Waals surface area contributed by atoms with Crippen molar-refractivity contribution in [3.8, 4) is 56.9 Å². The molecule has 2 aromatic heterocycles. The Labute approximate surface area is 180 Å². The van der Waals surface area contributed by atoms with Crippen molar-refractivity contribution >= 4 is 0 Å². The summed E-state index contributed by atoms with van der Waals surface area (Å²) in [6.07, 6.45) is 0. The number of phenols is 2.